The molecule has 0 aromatic heterocycles. The highest BCUT2D eigenvalue weighted by Gasteiger charge is 2.60. The number of hydrogen-bond acceptors (Lipinski definition) is 4. The first kappa shape index (κ1) is 24.1. The number of nitrogens with two attached hydrogens (primary N) is 1. The van der Waals surface area contributed by atoms with Gasteiger partial charge in [0.15, 0.2) is 0 Å². The minimum absolute atomic E-state index is 0.00392. The fraction of sp³-hybridized carbons (Fsp3) is 0.423. The number of fused-ring (bicyclic) bond motifs is 1. The molecule has 1 saturated heterocycles. The Kier molecular flexibility index (Phi) is 7.06. The van der Waals surface area contributed by atoms with Gasteiger partial charge in [-0.25, -0.2) is 0 Å². The number of amides is 1. The maximum absolute atomic E-state index is 13.2. The van der Waals surface area contributed by atoms with E-state index >= 15 is 0 Å². The normalized spacial score (nSPS) is 29.5. The van der Waals surface area contributed by atoms with Gasteiger partial charge in [0.25, 0.3) is 0 Å². The molecule has 2 aromatic carbocycles. The minimum Gasteiger partial charge on any atom is -0.394 e. The van der Waals surface area contributed by atoms with Crippen molar-refractivity contribution >= 4 is 34.8 Å². The second-order valence-corrected chi connectivity index (χ2v) is 9.95. The number of aliphatic hydroxyl groups excluding tert-OH is 1. The van der Waals surface area contributed by atoms with Crippen molar-refractivity contribution in [3.05, 3.63) is 75.3 Å². The summed E-state index contributed by atoms with van der Waals surface area (Å²) in [5.74, 6) is 5.76. The molecule has 1 aliphatic carbocycles. The summed E-state index contributed by atoms with van der Waals surface area (Å²) in [6.45, 7) is 3.90. The topological polar surface area (TPSA) is 87.4 Å². The maximum Gasteiger partial charge on any atom is 0.226 e. The van der Waals surface area contributed by atoms with Crippen LogP contribution in [0.25, 0.3) is 5.70 Å². The highest BCUT2D eigenvalue weighted by molar-refractivity contribution is 6.31. The molecule has 2 aromatic rings. The zero-order valence-electron chi connectivity index (χ0n) is 18.9. The number of rotatable bonds is 6. The molecule has 0 spiro atoms. The average molecular weight is 488 g/mol. The molecular weight excluding hydrogens is 457 g/mol. The van der Waals surface area contributed by atoms with Gasteiger partial charge in [0.05, 0.1) is 23.8 Å². The first-order valence-electron chi connectivity index (χ1n) is 11.5. The second-order valence-electron chi connectivity index (χ2n) is 9.10. The number of hydrogen-bond donors (Lipinski definition) is 4. The molecule has 5 atom stereocenters. The zero-order valence-corrected chi connectivity index (χ0v) is 20.5. The number of carbonyl (C=O) groups is 1. The van der Waals surface area contributed by atoms with Gasteiger partial charge in [-0.2, -0.15) is 0 Å². The van der Waals surface area contributed by atoms with Gasteiger partial charge in [-0.1, -0.05) is 60.5 Å². The van der Waals surface area contributed by atoms with Crippen molar-refractivity contribution in [1.82, 2.24) is 10.7 Å². The highest BCUT2D eigenvalue weighted by Crippen LogP contribution is 2.60. The zero-order chi connectivity index (χ0) is 23.8. The van der Waals surface area contributed by atoms with Gasteiger partial charge in [-0.05, 0) is 67.3 Å². The molecule has 1 heterocycles. The monoisotopic (exact) mass is 487 g/mol. The van der Waals surface area contributed by atoms with Crippen LogP contribution in [0.4, 0.5) is 0 Å². The third-order valence-corrected chi connectivity index (χ3v) is 8.38. The number of carbonyl (C=O) groups excluding carboxylic acids is 1. The predicted molar refractivity (Wildman–Crippen MR) is 134 cm³/mol. The van der Waals surface area contributed by atoms with Crippen LogP contribution in [0.5, 0.6) is 0 Å². The lowest BCUT2D eigenvalue weighted by atomic mass is 9.54. The van der Waals surface area contributed by atoms with E-state index in [1.165, 1.54) is 0 Å². The summed E-state index contributed by atoms with van der Waals surface area (Å²) < 4.78 is 0. The second kappa shape index (κ2) is 9.67. The third kappa shape index (κ3) is 4.06. The molecule has 5 unspecified atom stereocenters. The van der Waals surface area contributed by atoms with Gasteiger partial charge in [0.1, 0.15) is 0 Å². The van der Waals surface area contributed by atoms with Crippen LogP contribution in [0.1, 0.15) is 61.6 Å². The molecule has 5 nitrogen and oxygen atoms in total. The summed E-state index contributed by atoms with van der Waals surface area (Å²) >= 11 is 13.1. The Bertz CT molecular complexity index is 1060. The van der Waals surface area contributed by atoms with E-state index in [0.717, 1.165) is 41.6 Å². The molecule has 7 heteroatoms. The Morgan fingerprint density at radius 1 is 1.27 bits per heavy atom. The van der Waals surface area contributed by atoms with Gasteiger partial charge in [-0.3, -0.25) is 10.6 Å². The number of nitrogens with one attached hydrogen (secondary N) is 2. The molecule has 2 fully saturated rings. The van der Waals surface area contributed by atoms with E-state index in [1.807, 2.05) is 49.4 Å². The summed E-state index contributed by atoms with van der Waals surface area (Å²) in [7, 11) is 0. The van der Waals surface area contributed by atoms with Crippen molar-refractivity contribution in [1.29, 1.82) is 0 Å². The van der Waals surface area contributed by atoms with Gasteiger partial charge in [0, 0.05) is 21.5 Å². The molecule has 176 valence electrons. The SMILES string of the molecule is C/C=C(\NN)c1ccc(C2CCC3(CC)C(=O)NC(CO)C3C2c2ccc(Cl)cc2)c(Cl)c1. The van der Waals surface area contributed by atoms with Crippen molar-refractivity contribution in [2.45, 2.75) is 51.0 Å². The van der Waals surface area contributed by atoms with Crippen molar-refractivity contribution in [3.8, 4) is 0 Å². The Hall–Kier alpha value is -2.05. The van der Waals surface area contributed by atoms with Crippen LogP contribution in [0.2, 0.25) is 10.0 Å². The fourth-order valence-electron chi connectivity index (χ4n) is 6.19. The maximum atomic E-state index is 13.2. The first-order chi connectivity index (χ1) is 15.9. The average Bonchev–Trinajstić information content (AvgIpc) is 3.12. The van der Waals surface area contributed by atoms with Gasteiger partial charge in [-0.15, -0.1) is 0 Å². The Labute approximate surface area is 205 Å². The van der Waals surface area contributed by atoms with Crippen LogP contribution < -0.4 is 16.6 Å². The van der Waals surface area contributed by atoms with Crippen molar-refractivity contribution in [2.75, 3.05) is 6.61 Å². The van der Waals surface area contributed by atoms with E-state index < -0.39 is 5.41 Å². The minimum atomic E-state index is -0.498. The molecule has 2 aliphatic rings. The van der Waals surface area contributed by atoms with Crippen LogP contribution in [0.15, 0.2) is 48.5 Å². The van der Waals surface area contributed by atoms with Gasteiger partial charge >= 0.3 is 0 Å². The standard InChI is InChI=1S/C26H31Cl2N3O2/c1-3-21(31-29)16-7-10-18(20(28)13-16)19-11-12-26(4-2)24(22(14-32)30-25(26)33)23(19)15-5-8-17(27)9-6-15/h3,5-10,13,19,22-24,31-32H,4,11-12,14,29H2,1-2H3,(H,30,33)/b21-3-. The van der Waals surface area contributed by atoms with E-state index in [1.54, 1.807) is 0 Å². The number of halogens is 2. The van der Waals surface area contributed by atoms with E-state index in [4.69, 9.17) is 29.0 Å². The van der Waals surface area contributed by atoms with Crippen molar-refractivity contribution in [3.63, 3.8) is 0 Å². The number of aliphatic hydroxyl groups is 1. The lowest BCUT2D eigenvalue weighted by molar-refractivity contribution is -0.131. The summed E-state index contributed by atoms with van der Waals surface area (Å²) in [6.07, 6.45) is 4.22. The number of benzene rings is 2. The molecule has 4 rings (SSSR count). The van der Waals surface area contributed by atoms with E-state index in [0.29, 0.717) is 10.0 Å². The molecular formula is C26H31Cl2N3O2. The summed E-state index contributed by atoms with van der Waals surface area (Å²) in [5, 5.41) is 14.7. The summed E-state index contributed by atoms with van der Waals surface area (Å²) in [4.78, 5) is 13.2. The third-order valence-electron chi connectivity index (χ3n) is 7.80. The Morgan fingerprint density at radius 2 is 2.00 bits per heavy atom. The molecule has 1 amide bonds. The predicted octanol–water partition coefficient (Wildman–Crippen LogP) is 4.98. The van der Waals surface area contributed by atoms with E-state index in [9.17, 15) is 9.90 Å². The molecule has 1 aliphatic heterocycles. The number of allylic oxidation sites excluding steroid dienone is 1. The molecule has 0 radical (unpaired) electrons. The van der Waals surface area contributed by atoms with Crippen LogP contribution in [-0.2, 0) is 4.79 Å². The largest absolute Gasteiger partial charge is 0.394 e. The summed E-state index contributed by atoms with van der Waals surface area (Å²) in [5.41, 5.74) is 6.10. The van der Waals surface area contributed by atoms with E-state index in [-0.39, 0.29) is 36.3 Å². The van der Waals surface area contributed by atoms with Crippen molar-refractivity contribution in [2.24, 2.45) is 17.2 Å². The van der Waals surface area contributed by atoms with E-state index in [2.05, 4.69) is 23.7 Å². The highest BCUT2D eigenvalue weighted by atomic mass is 35.5. The molecule has 0 bridgehead atoms. The van der Waals surface area contributed by atoms with Crippen LogP contribution in [0.3, 0.4) is 0 Å². The Balaban J connectivity index is 1.84. The Morgan fingerprint density at radius 3 is 2.58 bits per heavy atom. The number of hydrazine groups is 1. The lowest BCUT2D eigenvalue weighted by Gasteiger charge is -2.48. The van der Waals surface area contributed by atoms with Gasteiger partial charge in [0.2, 0.25) is 5.91 Å². The lowest BCUT2D eigenvalue weighted by Crippen LogP contribution is -2.45. The molecule has 33 heavy (non-hydrogen) atoms. The van der Waals surface area contributed by atoms with Crippen LogP contribution in [-0.4, -0.2) is 23.7 Å². The first-order valence-corrected chi connectivity index (χ1v) is 12.3. The quantitative estimate of drug-likeness (QED) is 0.341. The van der Waals surface area contributed by atoms with Crippen LogP contribution in [0, 0.1) is 11.3 Å². The smallest absolute Gasteiger partial charge is 0.226 e. The van der Waals surface area contributed by atoms with Crippen molar-refractivity contribution < 1.29 is 9.90 Å². The fourth-order valence-corrected chi connectivity index (χ4v) is 6.64. The van der Waals surface area contributed by atoms with Gasteiger partial charge < -0.3 is 15.8 Å². The molecule has 5 N–H and O–H groups in total. The molecule has 1 saturated carbocycles. The summed E-state index contributed by atoms with van der Waals surface area (Å²) in [6, 6.07) is 13.6. The van der Waals surface area contributed by atoms with Crippen LogP contribution >= 0.6 is 23.2 Å².